The van der Waals surface area contributed by atoms with Gasteiger partial charge in [-0.05, 0) is 165 Å². The Bertz CT molecular complexity index is 3600. The molecule has 1 heteroatoms. The third-order valence-corrected chi connectivity index (χ3v) is 15.4. The summed E-state index contributed by atoms with van der Waals surface area (Å²) in [6.45, 7) is 9.49. The lowest BCUT2D eigenvalue weighted by Crippen LogP contribution is -2.18. The van der Waals surface area contributed by atoms with Crippen molar-refractivity contribution >= 4 is 38.6 Å². The molecule has 0 heterocycles. The summed E-state index contributed by atoms with van der Waals surface area (Å²) < 4.78 is 0. The zero-order valence-corrected chi connectivity index (χ0v) is 39.5. The van der Waals surface area contributed by atoms with E-state index in [9.17, 15) is 0 Å². The van der Waals surface area contributed by atoms with Crippen molar-refractivity contribution in [3.8, 4) is 66.8 Å². The molecule has 0 spiro atoms. The fourth-order valence-electron chi connectivity index (χ4n) is 12.0. The summed E-state index contributed by atoms with van der Waals surface area (Å²) in [5.74, 6) is 0. The molecule has 0 aliphatic heterocycles. The minimum Gasteiger partial charge on any atom is -0.310 e. The van der Waals surface area contributed by atoms with Gasteiger partial charge < -0.3 is 4.90 Å². The van der Waals surface area contributed by atoms with E-state index in [1.165, 1.54) is 111 Å². The highest BCUT2D eigenvalue weighted by Crippen LogP contribution is 2.54. The van der Waals surface area contributed by atoms with E-state index in [0.717, 1.165) is 17.1 Å². The lowest BCUT2D eigenvalue weighted by molar-refractivity contribution is 0.660. The van der Waals surface area contributed by atoms with Crippen LogP contribution in [0.1, 0.15) is 49.9 Å². The normalized spacial score (nSPS) is 13.7. The molecular weight excluding hydrogens is 831 g/mol. The lowest BCUT2D eigenvalue weighted by atomic mass is 9.82. The van der Waals surface area contributed by atoms with Crippen LogP contribution < -0.4 is 4.90 Å². The highest BCUT2D eigenvalue weighted by molar-refractivity contribution is 6.21. The topological polar surface area (TPSA) is 3.24 Å². The highest BCUT2D eigenvalue weighted by atomic mass is 15.1. The molecule has 0 N–H and O–H groups in total. The SMILES string of the molecule is CC1(C)c2ccccc2-c2ccc(N(c3ccc(-c4c5ccccc5c(-c5cc(-c6ccccc6)cc(-c6ccccc6)c5)c5ccccc45)cc3)c3ccc4c(c3)C(C)(C)c3ccccc3-4)cc21. The first kappa shape index (κ1) is 41.0. The molecule has 11 aromatic carbocycles. The molecule has 0 radical (unpaired) electrons. The van der Waals surface area contributed by atoms with Gasteiger partial charge in [-0.2, -0.15) is 0 Å². The summed E-state index contributed by atoms with van der Waals surface area (Å²) in [7, 11) is 0. The van der Waals surface area contributed by atoms with E-state index in [2.05, 4.69) is 269 Å². The Labute approximate surface area is 405 Å². The molecule has 13 rings (SSSR count). The van der Waals surface area contributed by atoms with Gasteiger partial charge in [-0.3, -0.25) is 0 Å². The van der Waals surface area contributed by atoms with Gasteiger partial charge in [0.2, 0.25) is 0 Å². The minimum atomic E-state index is -0.126. The van der Waals surface area contributed by atoms with Gasteiger partial charge in [-0.1, -0.05) is 210 Å². The Morgan fingerprint density at radius 3 is 1.04 bits per heavy atom. The van der Waals surface area contributed by atoms with E-state index in [-0.39, 0.29) is 10.8 Å². The second-order valence-electron chi connectivity index (χ2n) is 20.1. The quantitative estimate of drug-likeness (QED) is 0.144. The van der Waals surface area contributed by atoms with E-state index in [1.807, 2.05) is 0 Å². The molecule has 2 aliphatic rings. The molecule has 0 unspecified atom stereocenters. The van der Waals surface area contributed by atoms with Gasteiger partial charge in [0, 0.05) is 27.9 Å². The predicted molar refractivity (Wildman–Crippen MR) is 293 cm³/mol. The summed E-state index contributed by atoms with van der Waals surface area (Å²) in [5, 5.41) is 4.96. The summed E-state index contributed by atoms with van der Waals surface area (Å²) >= 11 is 0. The molecule has 11 aromatic rings. The average Bonchev–Trinajstić information content (AvgIpc) is 3.77. The number of nitrogens with zero attached hydrogens (tertiary/aromatic N) is 1. The molecule has 0 aromatic heterocycles. The largest absolute Gasteiger partial charge is 0.310 e. The molecule has 0 saturated carbocycles. The van der Waals surface area contributed by atoms with Crippen LogP contribution in [0.4, 0.5) is 17.1 Å². The number of hydrogen-bond acceptors (Lipinski definition) is 1. The Balaban J connectivity index is 0.981. The summed E-state index contributed by atoms with van der Waals surface area (Å²) in [5.41, 5.74) is 23.7. The van der Waals surface area contributed by atoms with Crippen LogP contribution in [-0.2, 0) is 10.8 Å². The standard InChI is InChI=1S/C68H51N/c1-67(2)61-29-17-15-23-53(61)55-37-35-51(42-63(55)67)69(52-36-38-56-54-24-16-18-30-62(54)68(3,4)64(56)43-52)50-33-31-46(32-34-50)65-57-25-11-13-27-59(57)66(60-28-14-12-26-58(60)65)49-40-47(44-19-7-5-8-20-44)39-48(41-49)45-21-9-6-10-22-45/h5-43H,1-4H3. The second kappa shape index (κ2) is 15.7. The van der Waals surface area contributed by atoms with E-state index in [4.69, 9.17) is 0 Å². The molecule has 0 fully saturated rings. The van der Waals surface area contributed by atoms with Crippen LogP contribution in [0.3, 0.4) is 0 Å². The Morgan fingerprint density at radius 1 is 0.246 bits per heavy atom. The molecule has 0 bridgehead atoms. The maximum Gasteiger partial charge on any atom is 0.0465 e. The van der Waals surface area contributed by atoms with Gasteiger partial charge in [0.25, 0.3) is 0 Å². The number of anilines is 3. The summed E-state index contributed by atoms with van der Waals surface area (Å²) in [4.78, 5) is 2.48. The Hall–Kier alpha value is -8.26. The van der Waals surface area contributed by atoms with E-state index < -0.39 is 0 Å². The number of rotatable bonds is 7. The van der Waals surface area contributed by atoms with Crippen LogP contribution >= 0.6 is 0 Å². The van der Waals surface area contributed by atoms with Crippen LogP contribution in [0.25, 0.3) is 88.3 Å². The third-order valence-electron chi connectivity index (χ3n) is 15.4. The molecule has 0 saturated heterocycles. The fraction of sp³-hybridized carbons (Fsp3) is 0.0882. The van der Waals surface area contributed by atoms with Crippen LogP contribution in [0.5, 0.6) is 0 Å². The first-order valence-corrected chi connectivity index (χ1v) is 24.3. The predicted octanol–water partition coefficient (Wildman–Crippen LogP) is 18.7. The van der Waals surface area contributed by atoms with Gasteiger partial charge in [0.05, 0.1) is 0 Å². The van der Waals surface area contributed by atoms with E-state index in [1.54, 1.807) is 0 Å². The van der Waals surface area contributed by atoms with Crippen molar-refractivity contribution in [2.45, 2.75) is 38.5 Å². The lowest BCUT2D eigenvalue weighted by Gasteiger charge is -2.30. The number of hydrogen-bond donors (Lipinski definition) is 0. The van der Waals surface area contributed by atoms with Crippen LogP contribution in [-0.4, -0.2) is 0 Å². The van der Waals surface area contributed by atoms with Gasteiger partial charge in [0.1, 0.15) is 0 Å². The van der Waals surface area contributed by atoms with Gasteiger partial charge >= 0.3 is 0 Å². The Kier molecular flexibility index (Phi) is 9.30. The number of fused-ring (bicyclic) bond motifs is 8. The van der Waals surface area contributed by atoms with Gasteiger partial charge in [-0.15, -0.1) is 0 Å². The van der Waals surface area contributed by atoms with Crippen molar-refractivity contribution in [2.75, 3.05) is 4.90 Å². The van der Waals surface area contributed by atoms with Crippen molar-refractivity contribution in [3.63, 3.8) is 0 Å². The van der Waals surface area contributed by atoms with Crippen LogP contribution in [0, 0.1) is 0 Å². The van der Waals surface area contributed by atoms with Crippen LogP contribution in [0.15, 0.2) is 237 Å². The first-order chi connectivity index (χ1) is 33.7. The summed E-state index contributed by atoms with van der Waals surface area (Å²) in [6.07, 6.45) is 0. The Morgan fingerprint density at radius 2 is 0.594 bits per heavy atom. The molecule has 1 nitrogen and oxygen atoms in total. The van der Waals surface area contributed by atoms with E-state index >= 15 is 0 Å². The van der Waals surface area contributed by atoms with Crippen LogP contribution in [0.2, 0.25) is 0 Å². The second-order valence-corrected chi connectivity index (χ2v) is 20.1. The molecule has 328 valence electrons. The monoisotopic (exact) mass is 881 g/mol. The fourth-order valence-corrected chi connectivity index (χ4v) is 12.0. The molecule has 0 atom stereocenters. The molecule has 69 heavy (non-hydrogen) atoms. The molecule has 0 amide bonds. The first-order valence-electron chi connectivity index (χ1n) is 24.3. The summed E-state index contributed by atoms with van der Waals surface area (Å²) in [6, 6.07) is 88.2. The average molecular weight is 882 g/mol. The molecular formula is C68H51N. The van der Waals surface area contributed by atoms with Crippen molar-refractivity contribution in [3.05, 3.63) is 259 Å². The number of benzene rings is 11. The van der Waals surface area contributed by atoms with Crippen molar-refractivity contribution in [1.29, 1.82) is 0 Å². The third kappa shape index (κ3) is 6.45. The van der Waals surface area contributed by atoms with Gasteiger partial charge in [0.15, 0.2) is 0 Å². The van der Waals surface area contributed by atoms with Crippen molar-refractivity contribution < 1.29 is 0 Å². The highest BCUT2D eigenvalue weighted by Gasteiger charge is 2.38. The smallest absolute Gasteiger partial charge is 0.0465 e. The van der Waals surface area contributed by atoms with Crippen molar-refractivity contribution in [2.24, 2.45) is 0 Å². The zero-order valence-electron chi connectivity index (χ0n) is 39.5. The van der Waals surface area contributed by atoms with E-state index in [0.29, 0.717) is 0 Å². The maximum absolute atomic E-state index is 2.48. The minimum absolute atomic E-state index is 0.126. The van der Waals surface area contributed by atoms with Gasteiger partial charge in [-0.25, -0.2) is 0 Å². The maximum atomic E-state index is 2.48. The zero-order chi connectivity index (χ0) is 46.4. The molecule has 2 aliphatic carbocycles. The van der Waals surface area contributed by atoms with Crippen molar-refractivity contribution in [1.82, 2.24) is 0 Å².